The number of benzene rings is 2. The topological polar surface area (TPSA) is 67.6 Å². The van der Waals surface area contributed by atoms with Crippen molar-refractivity contribution in [3.05, 3.63) is 71.3 Å². The van der Waals surface area contributed by atoms with Crippen molar-refractivity contribution in [2.75, 3.05) is 0 Å². The molecule has 0 aliphatic carbocycles. The predicted molar refractivity (Wildman–Crippen MR) is 79.0 cm³/mol. The Hall–Kier alpha value is -2.53. The van der Waals surface area contributed by atoms with E-state index in [-0.39, 0.29) is 11.9 Å². The smallest absolute Gasteiger partial charge is 0.181 e. The highest BCUT2D eigenvalue weighted by atomic mass is 19.1. The third kappa shape index (κ3) is 2.83. The fourth-order valence-corrected chi connectivity index (χ4v) is 2.10. The number of aromatic nitrogens is 3. The SMILES string of the molecule is Cc1ccc([C@@H](N)c2nc(-c3cccc(F)c3)n[nH]2)cc1. The summed E-state index contributed by atoms with van der Waals surface area (Å²) >= 11 is 0. The molecule has 0 unspecified atom stereocenters. The molecule has 0 aliphatic rings. The number of nitrogens with two attached hydrogens (primary N) is 1. The van der Waals surface area contributed by atoms with Crippen LogP contribution in [0.25, 0.3) is 11.4 Å². The summed E-state index contributed by atoms with van der Waals surface area (Å²) in [7, 11) is 0. The van der Waals surface area contributed by atoms with Crippen molar-refractivity contribution in [3.8, 4) is 11.4 Å². The Kier molecular flexibility index (Phi) is 3.50. The normalized spacial score (nSPS) is 12.3. The summed E-state index contributed by atoms with van der Waals surface area (Å²) in [5, 5.41) is 6.94. The number of rotatable bonds is 3. The Morgan fingerprint density at radius 2 is 1.90 bits per heavy atom. The van der Waals surface area contributed by atoms with Crippen LogP contribution in [0.4, 0.5) is 4.39 Å². The molecule has 1 atom stereocenters. The van der Waals surface area contributed by atoms with Crippen LogP contribution >= 0.6 is 0 Å². The van der Waals surface area contributed by atoms with Crippen molar-refractivity contribution in [3.63, 3.8) is 0 Å². The number of nitrogens with one attached hydrogen (secondary N) is 1. The maximum absolute atomic E-state index is 13.2. The number of H-pyrrole nitrogens is 1. The highest BCUT2D eigenvalue weighted by Gasteiger charge is 2.14. The molecule has 0 saturated carbocycles. The van der Waals surface area contributed by atoms with Gasteiger partial charge < -0.3 is 5.73 Å². The van der Waals surface area contributed by atoms with E-state index < -0.39 is 0 Å². The zero-order valence-corrected chi connectivity index (χ0v) is 11.5. The highest BCUT2D eigenvalue weighted by molar-refractivity contribution is 5.54. The molecule has 21 heavy (non-hydrogen) atoms. The van der Waals surface area contributed by atoms with Crippen LogP contribution in [0.15, 0.2) is 48.5 Å². The van der Waals surface area contributed by atoms with Gasteiger partial charge in [-0.3, -0.25) is 5.10 Å². The lowest BCUT2D eigenvalue weighted by Gasteiger charge is -2.08. The molecule has 0 aliphatic heterocycles. The van der Waals surface area contributed by atoms with Crippen LogP contribution in [0.3, 0.4) is 0 Å². The van der Waals surface area contributed by atoms with E-state index in [2.05, 4.69) is 15.2 Å². The van der Waals surface area contributed by atoms with Crippen LogP contribution in [0, 0.1) is 12.7 Å². The van der Waals surface area contributed by atoms with Crippen LogP contribution in [-0.2, 0) is 0 Å². The first-order chi connectivity index (χ1) is 10.1. The number of nitrogens with zero attached hydrogens (tertiary/aromatic N) is 2. The quantitative estimate of drug-likeness (QED) is 0.776. The Bertz CT molecular complexity index is 749. The van der Waals surface area contributed by atoms with E-state index in [0.29, 0.717) is 17.2 Å². The molecule has 2 aromatic carbocycles. The first kappa shape index (κ1) is 13.5. The van der Waals surface area contributed by atoms with Gasteiger partial charge in [-0.2, -0.15) is 5.10 Å². The molecule has 1 heterocycles. The van der Waals surface area contributed by atoms with Crippen molar-refractivity contribution in [2.45, 2.75) is 13.0 Å². The Morgan fingerprint density at radius 1 is 1.14 bits per heavy atom. The van der Waals surface area contributed by atoms with Crippen molar-refractivity contribution in [2.24, 2.45) is 5.73 Å². The molecule has 106 valence electrons. The number of hydrogen-bond acceptors (Lipinski definition) is 3. The van der Waals surface area contributed by atoms with Crippen LogP contribution in [-0.4, -0.2) is 15.2 Å². The van der Waals surface area contributed by atoms with Gasteiger partial charge in [0.25, 0.3) is 0 Å². The maximum atomic E-state index is 13.2. The molecule has 0 bridgehead atoms. The van der Waals surface area contributed by atoms with Gasteiger partial charge in [0.05, 0.1) is 6.04 Å². The molecule has 3 rings (SSSR count). The first-order valence-electron chi connectivity index (χ1n) is 6.64. The second kappa shape index (κ2) is 5.46. The molecular weight excluding hydrogens is 267 g/mol. The fraction of sp³-hybridized carbons (Fsp3) is 0.125. The molecular formula is C16H15FN4. The largest absolute Gasteiger partial charge is 0.318 e. The molecule has 5 heteroatoms. The molecule has 0 saturated heterocycles. The fourth-order valence-electron chi connectivity index (χ4n) is 2.10. The average molecular weight is 282 g/mol. The van der Waals surface area contributed by atoms with E-state index in [1.54, 1.807) is 12.1 Å². The second-order valence-corrected chi connectivity index (χ2v) is 4.94. The number of halogens is 1. The van der Waals surface area contributed by atoms with Crippen molar-refractivity contribution >= 4 is 0 Å². The van der Waals surface area contributed by atoms with Gasteiger partial charge in [-0.1, -0.05) is 42.0 Å². The Labute approximate surface area is 121 Å². The number of aromatic amines is 1. The van der Waals surface area contributed by atoms with Gasteiger partial charge in [-0.25, -0.2) is 9.37 Å². The summed E-state index contributed by atoms with van der Waals surface area (Å²) in [6.45, 7) is 2.02. The molecule has 1 aromatic heterocycles. The van der Waals surface area contributed by atoms with Crippen molar-refractivity contribution in [1.82, 2.24) is 15.2 Å². The van der Waals surface area contributed by atoms with E-state index in [4.69, 9.17) is 5.73 Å². The lowest BCUT2D eigenvalue weighted by atomic mass is 10.1. The van der Waals surface area contributed by atoms with Crippen molar-refractivity contribution < 1.29 is 4.39 Å². The summed E-state index contributed by atoms with van der Waals surface area (Å²) in [6, 6.07) is 13.7. The molecule has 3 aromatic rings. The van der Waals surface area contributed by atoms with E-state index >= 15 is 0 Å². The van der Waals surface area contributed by atoms with Crippen molar-refractivity contribution in [1.29, 1.82) is 0 Å². The minimum absolute atomic E-state index is 0.318. The van der Waals surface area contributed by atoms with Gasteiger partial charge in [0.1, 0.15) is 11.6 Å². The monoisotopic (exact) mass is 282 g/mol. The van der Waals surface area contributed by atoms with Crippen LogP contribution in [0.1, 0.15) is 23.0 Å². The molecule has 0 radical (unpaired) electrons. The van der Waals surface area contributed by atoms with E-state index in [1.165, 1.54) is 17.7 Å². The van der Waals surface area contributed by atoms with Crippen LogP contribution < -0.4 is 5.73 Å². The van der Waals surface area contributed by atoms with Gasteiger partial charge in [-0.05, 0) is 24.6 Å². The third-order valence-corrected chi connectivity index (χ3v) is 3.32. The van der Waals surface area contributed by atoms with Gasteiger partial charge in [-0.15, -0.1) is 0 Å². The lowest BCUT2D eigenvalue weighted by Crippen LogP contribution is -2.13. The molecule has 4 nitrogen and oxygen atoms in total. The molecule has 0 fully saturated rings. The summed E-state index contributed by atoms with van der Waals surface area (Å²) in [6.07, 6.45) is 0. The average Bonchev–Trinajstić information content (AvgIpc) is 2.97. The standard InChI is InChI=1S/C16H15FN4/c1-10-5-7-11(8-6-10)14(18)16-19-15(20-21-16)12-3-2-4-13(17)9-12/h2-9,14H,18H2,1H3,(H,19,20,21)/t14-/m1/s1. The summed E-state index contributed by atoms with van der Waals surface area (Å²) in [5.74, 6) is 0.673. The van der Waals surface area contributed by atoms with Gasteiger partial charge >= 0.3 is 0 Å². The summed E-state index contributed by atoms with van der Waals surface area (Å²) in [5.41, 5.74) is 8.92. The minimum Gasteiger partial charge on any atom is -0.318 e. The number of hydrogen-bond donors (Lipinski definition) is 2. The van der Waals surface area contributed by atoms with E-state index in [0.717, 1.165) is 5.56 Å². The zero-order valence-electron chi connectivity index (χ0n) is 11.5. The van der Waals surface area contributed by atoms with E-state index in [1.807, 2.05) is 31.2 Å². The Morgan fingerprint density at radius 3 is 2.62 bits per heavy atom. The number of aryl methyl sites for hydroxylation is 1. The zero-order chi connectivity index (χ0) is 14.8. The predicted octanol–water partition coefficient (Wildman–Crippen LogP) is 2.97. The minimum atomic E-state index is -0.389. The summed E-state index contributed by atoms with van der Waals surface area (Å²) < 4.78 is 13.2. The first-order valence-corrected chi connectivity index (χ1v) is 6.64. The van der Waals surface area contributed by atoms with Crippen LogP contribution in [0.2, 0.25) is 0 Å². The molecule has 0 spiro atoms. The summed E-state index contributed by atoms with van der Waals surface area (Å²) in [4.78, 5) is 4.36. The maximum Gasteiger partial charge on any atom is 0.181 e. The highest BCUT2D eigenvalue weighted by Crippen LogP contribution is 2.20. The molecule has 3 N–H and O–H groups in total. The Balaban J connectivity index is 1.89. The lowest BCUT2D eigenvalue weighted by molar-refractivity contribution is 0.628. The van der Waals surface area contributed by atoms with Gasteiger partial charge in [0.2, 0.25) is 0 Å². The second-order valence-electron chi connectivity index (χ2n) is 4.94. The van der Waals surface area contributed by atoms with E-state index in [9.17, 15) is 4.39 Å². The molecule has 0 amide bonds. The van der Waals surface area contributed by atoms with Crippen LogP contribution in [0.5, 0.6) is 0 Å². The van der Waals surface area contributed by atoms with Gasteiger partial charge in [0, 0.05) is 5.56 Å². The third-order valence-electron chi connectivity index (χ3n) is 3.32. The van der Waals surface area contributed by atoms with Gasteiger partial charge in [0.15, 0.2) is 5.82 Å².